The molecule has 1 amide bonds. The minimum absolute atomic E-state index is 0.417. The van der Waals surface area contributed by atoms with E-state index in [1.165, 1.54) is 7.11 Å². The zero-order valence-corrected chi connectivity index (χ0v) is 11.0. The summed E-state index contributed by atoms with van der Waals surface area (Å²) in [6, 6.07) is 5.14. The summed E-state index contributed by atoms with van der Waals surface area (Å²) in [4.78, 5) is 11.5. The summed E-state index contributed by atoms with van der Waals surface area (Å²) in [5.74, 6) is 1.19. The molecular formula is C13H19NO4. The number of carbonyl (C=O) groups is 1. The van der Waals surface area contributed by atoms with E-state index in [1.807, 2.05) is 6.92 Å². The highest BCUT2D eigenvalue weighted by molar-refractivity contribution is 5.86. The van der Waals surface area contributed by atoms with Crippen LogP contribution in [0.1, 0.15) is 19.8 Å². The van der Waals surface area contributed by atoms with Crippen LogP contribution in [0.2, 0.25) is 0 Å². The van der Waals surface area contributed by atoms with Gasteiger partial charge in [0.25, 0.3) is 0 Å². The third-order valence-corrected chi connectivity index (χ3v) is 2.38. The van der Waals surface area contributed by atoms with E-state index in [-0.39, 0.29) is 0 Å². The molecule has 0 aliphatic carbocycles. The lowest BCUT2D eigenvalue weighted by atomic mass is 10.2. The van der Waals surface area contributed by atoms with E-state index in [9.17, 15) is 4.79 Å². The van der Waals surface area contributed by atoms with Crippen LogP contribution < -0.4 is 14.8 Å². The molecule has 0 bridgehead atoms. The van der Waals surface area contributed by atoms with Gasteiger partial charge in [0, 0.05) is 6.07 Å². The topological polar surface area (TPSA) is 56.8 Å². The van der Waals surface area contributed by atoms with E-state index in [4.69, 9.17) is 14.2 Å². The van der Waals surface area contributed by atoms with Crippen LogP contribution in [0.3, 0.4) is 0 Å². The Hall–Kier alpha value is -1.91. The van der Waals surface area contributed by atoms with Gasteiger partial charge in [-0.25, -0.2) is 4.79 Å². The third-order valence-electron chi connectivity index (χ3n) is 2.38. The number of amides is 1. The maximum atomic E-state index is 11.5. The molecule has 0 saturated carbocycles. The summed E-state index contributed by atoms with van der Waals surface area (Å²) < 4.78 is 15.2. The van der Waals surface area contributed by atoms with Gasteiger partial charge in [-0.1, -0.05) is 13.3 Å². The van der Waals surface area contributed by atoms with Crippen molar-refractivity contribution in [3.05, 3.63) is 18.2 Å². The lowest BCUT2D eigenvalue weighted by molar-refractivity contribution is 0.160. The monoisotopic (exact) mass is 253 g/mol. The van der Waals surface area contributed by atoms with Crippen LogP contribution in [-0.2, 0) is 4.74 Å². The molecule has 0 aromatic heterocycles. The smallest absolute Gasteiger partial charge is 0.411 e. The van der Waals surface area contributed by atoms with Crippen molar-refractivity contribution >= 4 is 11.8 Å². The number of hydrogen-bond donors (Lipinski definition) is 1. The summed E-state index contributed by atoms with van der Waals surface area (Å²) >= 11 is 0. The molecule has 1 N–H and O–H groups in total. The second kappa shape index (κ2) is 7.42. The van der Waals surface area contributed by atoms with Gasteiger partial charge in [0.2, 0.25) is 0 Å². The summed E-state index contributed by atoms with van der Waals surface area (Å²) in [6.45, 7) is 2.45. The second-order valence-corrected chi connectivity index (χ2v) is 3.68. The van der Waals surface area contributed by atoms with Gasteiger partial charge in [0.15, 0.2) is 0 Å². The quantitative estimate of drug-likeness (QED) is 0.792. The van der Waals surface area contributed by atoms with Gasteiger partial charge in [-0.15, -0.1) is 0 Å². The number of ether oxygens (including phenoxy) is 3. The number of methoxy groups -OCH3 is 2. The standard InChI is InChI=1S/C13H19NO4/c1-4-5-8-18-13(15)14-11-7-6-10(16-2)9-12(11)17-3/h6-7,9H,4-5,8H2,1-3H3,(H,14,15). The summed E-state index contributed by atoms with van der Waals surface area (Å²) in [5.41, 5.74) is 0.555. The van der Waals surface area contributed by atoms with E-state index in [0.29, 0.717) is 23.8 Å². The van der Waals surface area contributed by atoms with Crippen molar-refractivity contribution in [2.45, 2.75) is 19.8 Å². The Morgan fingerprint density at radius 1 is 1.28 bits per heavy atom. The Balaban J connectivity index is 2.63. The molecular weight excluding hydrogens is 234 g/mol. The predicted molar refractivity (Wildman–Crippen MR) is 69.4 cm³/mol. The molecule has 18 heavy (non-hydrogen) atoms. The van der Waals surface area contributed by atoms with Crippen molar-refractivity contribution in [1.82, 2.24) is 0 Å². The van der Waals surface area contributed by atoms with E-state index in [1.54, 1.807) is 25.3 Å². The Kier molecular flexibility index (Phi) is 5.84. The third kappa shape index (κ3) is 4.16. The molecule has 1 aromatic carbocycles. The normalized spacial score (nSPS) is 9.72. The zero-order chi connectivity index (χ0) is 13.4. The van der Waals surface area contributed by atoms with Gasteiger partial charge in [-0.2, -0.15) is 0 Å². The Morgan fingerprint density at radius 2 is 2.06 bits per heavy atom. The number of hydrogen-bond acceptors (Lipinski definition) is 4. The van der Waals surface area contributed by atoms with Gasteiger partial charge >= 0.3 is 6.09 Å². The first-order valence-corrected chi connectivity index (χ1v) is 5.87. The number of rotatable bonds is 6. The van der Waals surface area contributed by atoms with Gasteiger partial charge in [0.05, 0.1) is 26.5 Å². The van der Waals surface area contributed by atoms with Crippen LogP contribution in [-0.4, -0.2) is 26.9 Å². The molecule has 100 valence electrons. The average molecular weight is 253 g/mol. The summed E-state index contributed by atoms with van der Waals surface area (Å²) in [6.07, 6.45) is 1.36. The molecule has 0 heterocycles. The van der Waals surface area contributed by atoms with Gasteiger partial charge < -0.3 is 14.2 Å². The number of anilines is 1. The highest BCUT2D eigenvalue weighted by Crippen LogP contribution is 2.28. The van der Waals surface area contributed by atoms with E-state index < -0.39 is 6.09 Å². The van der Waals surface area contributed by atoms with E-state index in [2.05, 4.69) is 5.32 Å². The van der Waals surface area contributed by atoms with E-state index in [0.717, 1.165) is 12.8 Å². The molecule has 0 aliphatic heterocycles. The average Bonchev–Trinajstić information content (AvgIpc) is 2.39. The fourth-order valence-corrected chi connectivity index (χ4v) is 1.36. The van der Waals surface area contributed by atoms with Gasteiger partial charge in [-0.05, 0) is 18.6 Å². The SMILES string of the molecule is CCCCOC(=O)Nc1ccc(OC)cc1OC. The Bertz CT molecular complexity index is 393. The number of benzene rings is 1. The first-order chi connectivity index (χ1) is 8.71. The van der Waals surface area contributed by atoms with Crippen LogP contribution in [0.5, 0.6) is 11.5 Å². The molecule has 0 saturated heterocycles. The molecule has 1 aromatic rings. The zero-order valence-electron chi connectivity index (χ0n) is 11.0. The number of nitrogens with one attached hydrogen (secondary N) is 1. The van der Waals surface area contributed by atoms with E-state index >= 15 is 0 Å². The molecule has 0 atom stereocenters. The van der Waals surface area contributed by atoms with Crippen molar-refractivity contribution in [3.8, 4) is 11.5 Å². The Morgan fingerprint density at radius 3 is 2.67 bits per heavy atom. The molecule has 5 heteroatoms. The van der Waals surface area contributed by atoms with Crippen molar-refractivity contribution in [3.63, 3.8) is 0 Å². The van der Waals surface area contributed by atoms with Crippen molar-refractivity contribution in [2.75, 3.05) is 26.1 Å². The minimum atomic E-state index is -0.480. The van der Waals surface area contributed by atoms with Crippen molar-refractivity contribution in [2.24, 2.45) is 0 Å². The van der Waals surface area contributed by atoms with Crippen molar-refractivity contribution in [1.29, 1.82) is 0 Å². The molecule has 0 spiro atoms. The molecule has 0 aliphatic rings. The first-order valence-electron chi connectivity index (χ1n) is 5.87. The van der Waals surface area contributed by atoms with Crippen LogP contribution in [0.25, 0.3) is 0 Å². The van der Waals surface area contributed by atoms with Gasteiger partial charge in [0.1, 0.15) is 11.5 Å². The lowest BCUT2D eigenvalue weighted by Crippen LogP contribution is -2.14. The van der Waals surface area contributed by atoms with Crippen LogP contribution in [0.15, 0.2) is 18.2 Å². The molecule has 0 radical (unpaired) electrons. The fourth-order valence-electron chi connectivity index (χ4n) is 1.36. The predicted octanol–water partition coefficient (Wildman–Crippen LogP) is 3.05. The largest absolute Gasteiger partial charge is 0.497 e. The second-order valence-electron chi connectivity index (χ2n) is 3.68. The highest BCUT2D eigenvalue weighted by atomic mass is 16.5. The Labute approximate surface area is 107 Å². The van der Waals surface area contributed by atoms with Crippen molar-refractivity contribution < 1.29 is 19.0 Å². The lowest BCUT2D eigenvalue weighted by Gasteiger charge is -2.11. The minimum Gasteiger partial charge on any atom is -0.497 e. The molecule has 0 fully saturated rings. The fraction of sp³-hybridized carbons (Fsp3) is 0.462. The first kappa shape index (κ1) is 14.2. The number of carbonyl (C=O) groups excluding carboxylic acids is 1. The van der Waals surface area contributed by atoms with Crippen LogP contribution in [0.4, 0.5) is 10.5 Å². The summed E-state index contributed by atoms with van der Waals surface area (Å²) in [5, 5.41) is 2.63. The molecule has 0 unspecified atom stereocenters. The molecule has 5 nitrogen and oxygen atoms in total. The number of unbranched alkanes of at least 4 members (excludes halogenated alkanes) is 1. The van der Waals surface area contributed by atoms with Crippen LogP contribution in [0, 0.1) is 0 Å². The van der Waals surface area contributed by atoms with Gasteiger partial charge in [-0.3, -0.25) is 5.32 Å². The maximum absolute atomic E-state index is 11.5. The molecule has 1 rings (SSSR count). The highest BCUT2D eigenvalue weighted by Gasteiger charge is 2.09. The summed E-state index contributed by atoms with van der Waals surface area (Å²) in [7, 11) is 3.10. The van der Waals surface area contributed by atoms with Crippen LogP contribution >= 0.6 is 0 Å². The maximum Gasteiger partial charge on any atom is 0.411 e.